The molecule has 0 unspecified atom stereocenters. The standard InChI is InChI=1S/C21H22N4O3S/c1-2-28-17-10-8-15(9-11-17)14-22-18(26)12-13-19-24-25-21(29-19)20(27)23-16-6-4-3-5-7-16/h3-11H,2,12-14H2,1H3,(H,22,26)(H,23,27). The molecule has 2 N–H and O–H groups in total. The van der Waals surface area contributed by atoms with Gasteiger partial charge in [0, 0.05) is 25.1 Å². The van der Waals surface area contributed by atoms with Crippen LogP contribution in [0.2, 0.25) is 0 Å². The fourth-order valence-corrected chi connectivity index (χ4v) is 3.27. The maximum Gasteiger partial charge on any atom is 0.286 e. The Morgan fingerprint density at radius 1 is 1.03 bits per heavy atom. The third kappa shape index (κ3) is 6.39. The number of nitrogens with one attached hydrogen (secondary N) is 2. The lowest BCUT2D eigenvalue weighted by atomic mass is 10.2. The highest BCUT2D eigenvalue weighted by molar-refractivity contribution is 7.13. The molecule has 0 saturated carbocycles. The quantitative estimate of drug-likeness (QED) is 0.564. The third-order valence-corrected chi connectivity index (χ3v) is 4.96. The van der Waals surface area contributed by atoms with Crippen LogP contribution in [0.4, 0.5) is 5.69 Å². The number of carbonyl (C=O) groups is 2. The van der Waals surface area contributed by atoms with E-state index in [4.69, 9.17) is 4.74 Å². The molecule has 0 bridgehead atoms. The molecule has 1 aromatic heterocycles. The van der Waals surface area contributed by atoms with Crippen molar-refractivity contribution in [3.05, 3.63) is 70.2 Å². The predicted octanol–water partition coefficient (Wildman–Crippen LogP) is 3.44. The summed E-state index contributed by atoms with van der Waals surface area (Å²) in [5, 5.41) is 14.5. The first-order chi connectivity index (χ1) is 14.1. The van der Waals surface area contributed by atoms with E-state index in [1.54, 1.807) is 12.1 Å². The summed E-state index contributed by atoms with van der Waals surface area (Å²) in [4.78, 5) is 24.3. The van der Waals surface area contributed by atoms with Crippen molar-refractivity contribution in [2.24, 2.45) is 0 Å². The first-order valence-corrected chi connectivity index (χ1v) is 10.1. The number of para-hydroxylation sites is 1. The molecule has 7 nitrogen and oxygen atoms in total. The lowest BCUT2D eigenvalue weighted by Gasteiger charge is -2.06. The summed E-state index contributed by atoms with van der Waals surface area (Å²) >= 11 is 1.19. The maximum absolute atomic E-state index is 12.2. The number of hydrogen-bond acceptors (Lipinski definition) is 6. The second-order valence-corrected chi connectivity index (χ2v) is 7.24. The maximum atomic E-state index is 12.2. The van der Waals surface area contributed by atoms with E-state index in [9.17, 15) is 9.59 Å². The molecule has 0 saturated heterocycles. The Labute approximate surface area is 173 Å². The van der Waals surface area contributed by atoms with Crippen LogP contribution in [0, 0.1) is 0 Å². The number of benzene rings is 2. The van der Waals surface area contributed by atoms with E-state index in [-0.39, 0.29) is 23.2 Å². The van der Waals surface area contributed by atoms with E-state index in [2.05, 4.69) is 20.8 Å². The lowest BCUT2D eigenvalue weighted by molar-refractivity contribution is -0.121. The van der Waals surface area contributed by atoms with Gasteiger partial charge in [0.05, 0.1) is 6.61 Å². The van der Waals surface area contributed by atoms with Gasteiger partial charge in [-0.05, 0) is 36.8 Å². The Bertz CT molecular complexity index is 942. The molecular weight excluding hydrogens is 388 g/mol. The minimum Gasteiger partial charge on any atom is -0.494 e. The molecule has 0 atom stereocenters. The molecule has 1 heterocycles. The normalized spacial score (nSPS) is 10.4. The lowest BCUT2D eigenvalue weighted by Crippen LogP contribution is -2.22. The number of aromatic nitrogens is 2. The van der Waals surface area contributed by atoms with Crippen LogP contribution in [0.25, 0.3) is 0 Å². The van der Waals surface area contributed by atoms with E-state index in [1.807, 2.05) is 49.4 Å². The van der Waals surface area contributed by atoms with Gasteiger partial charge in [-0.1, -0.05) is 41.7 Å². The Hall–Kier alpha value is -3.26. The molecule has 150 valence electrons. The molecular formula is C21H22N4O3S. The summed E-state index contributed by atoms with van der Waals surface area (Å²) < 4.78 is 5.40. The third-order valence-electron chi connectivity index (χ3n) is 3.98. The van der Waals surface area contributed by atoms with Crippen LogP contribution >= 0.6 is 11.3 Å². The largest absolute Gasteiger partial charge is 0.494 e. The molecule has 0 spiro atoms. The van der Waals surface area contributed by atoms with Gasteiger partial charge in [-0.2, -0.15) is 0 Å². The number of ether oxygens (including phenoxy) is 1. The van der Waals surface area contributed by atoms with Crippen LogP contribution in [0.15, 0.2) is 54.6 Å². The van der Waals surface area contributed by atoms with Crippen molar-refractivity contribution in [2.75, 3.05) is 11.9 Å². The van der Waals surface area contributed by atoms with Gasteiger partial charge in [0.25, 0.3) is 5.91 Å². The van der Waals surface area contributed by atoms with Crippen molar-refractivity contribution in [1.29, 1.82) is 0 Å². The fourth-order valence-electron chi connectivity index (χ4n) is 2.53. The number of rotatable bonds is 9. The zero-order valence-electron chi connectivity index (χ0n) is 16.1. The first kappa shape index (κ1) is 20.5. The fraction of sp³-hybridized carbons (Fsp3) is 0.238. The number of nitrogens with zero attached hydrogens (tertiary/aromatic N) is 2. The van der Waals surface area contributed by atoms with Gasteiger partial charge in [0.2, 0.25) is 10.9 Å². The smallest absolute Gasteiger partial charge is 0.286 e. The van der Waals surface area contributed by atoms with Crippen LogP contribution in [0.1, 0.15) is 33.7 Å². The van der Waals surface area contributed by atoms with Gasteiger partial charge in [-0.25, -0.2) is 0 Å². The molecule has 0 aliphatic carbocycles. The Kier molecular flexibility index (Phi) is 7.29. The predicted molar refractivity (Wildman–Crippen MR) is 112 cm³/mol. The highest BCUT2D eigenvalue weighted by atomic mass is 32.1. The number of carbonyl (C=O) groups excluding carboxylic acids is 2. The van der Waals surface area contributed by atoms with E-state index >= 15 is 0 Å². The number of aryl methyl sites for hydroxylation is 1. The van der Waals surface area contributed by atoms with Gasteiger partial charge < -0.3 is 15.4 Å². The Morgan fingerprint density at radius 2 is 1.79 bits per heavy atom. The summed E-state index contributed by atoms with van der Waals surface area (Å²) in [5.74, 6) is 0.426. The Morgan fingerprint density at radius 3 is 2.52 bits per heavy atom. The molecule has 8 heteroatoms. The van der Waals surface area contributed by atoms with Gasteiger partial charge in [-0.3, -0.25) is 9.59 Å². The van der Waals surface area contributed by atoms with Gasteiger partial charge in [0.1, 0.15) is 10.8 Å². The van der Waals surface area contributed by atoms with Crippen molar-refractivity contribution >= 4 is 28.8 Å². The van der Waals surface area contributed by atoms with Gasteiger partial charge in [-0.15, -0.1) is 10.2 Å². The number of amides is 2. The van der Waals surface area contributed by atoms with Crippen molar-refractivity contribution in [1.82, 2.24) is 15.5 Å². The van der Waals surface area contributed by atoms with E-state index in [0.717, 1.165) is 11.3 Å². The molecule has 2 amide bonds. The highest BCUT2D eigenvalue weighted by Gasteiger charge is 2.14. The minimum absolute atomic E-state index is 0.0793. The summed E-state index contributed by atoms with van der Waals surface area (Å²) in [7, 11) is 0. The number of anilines is 1. The number of hydrogen-bond donors (Lipinski definition) is 2. The highest BCUT2D eigenvalue weighted by Crippen LogP contribution is 2.15. The first-order valence-electron chi connectivity index (χ1n) is 9.31. The van der Waals surface area contributed by atoms with E-state index in [0.29, 0.717) is 30.3 Å². The summed E-state index contributed by atoms with van der Waals surface area (Å²) in [6, 6.07) is 16.8. The van der Waals surface area contributed by atoms with Gasteiger partial charge in [0.15, 0.2) is 0 Å². The molecule has 3 aromatic rings. The van der Waals surface area contributed by atoms with Crippen LogP contribution in [-0.2, 0) is 17.8 Å². The van der Waals surface area contributed by atoms with E-state index in [1.165, 1.54) is 11.3 Å². The molecule has 29 heavy (non-hydrogen) atoms. The molecule has 2 aromatic carbocycles. The molecule has 0 aliphatic heterocycles. The molecule has 0 fully saturated rings. The van der Waals surface area contributed by atoms with Crippen LogP contribution in [0.5, 0.6) is 5.75 Å². The minimum atomic E-state index is -0.306. The SMILES string of the molecule is CCOc1ccc(CNC(=O)CCc2nnc(C(=O)Nc3ccccc3)s2)cc1. The average Bonchev–Trinajstić information content (AvgIpc) is 3.22. The molecule has 3 rings (SSSR count). The van der Waals surface area contributed by atoms with Crippen molar-refractivity contribution in [2.45, 2.75) is 26.3 Å². The monoisotopic (exact) mass is 410 g/mol. The summed E-state index contributed by atoms with van der Waals surface area (Å²) in [5.41, 5.74) is 1.69. The summed E-state index contributed by atoms with van der Waals surface area (Å²) in [6.45, 7) is 3.01. The van der Waals surface area contributed by atoms with Crippen molar-refractivity contribution in [3.8, 4) is 5.75 Å². The van der Waals surface area contributed by atoms with Crippen LogP contribution < -0.4 is 15.4 Å². The van der Waals surface area contributed by atoms with Crippen molar-refractivity contribution < 1.29 is 14.3 Å². The second kappa shape index (κ2) is 10.3. The van der Waals surface area contributed by atoms with E-state index < -0.39 is 0 Å². The molecule has 0 radical (unpaired) electrons. The molecule has 0 aliphatic rings. The van der Waals surface area contributed by atoms with Crippen molar-refractivity contribution in [3.63, 3.8) is 0 Å². The van der Waals surface area contributed by atoms with Gasteiger partial charge >= 0.3 is 0 Å². The van der Waals surface area contributed by atoms with Crippen LogP contribution in [-0.4, -0.2) is 28.6 Å². The Balaban J connectivity index is 1.43. The zero-order chi connectivity index (χ0) is 20.5. The zero-order valence-corrected chi connectivity index (χ0v) is 16.9. The van der Waals surface area contributed by atoms with Crippen LogP contribution in [0.3, 0.4) is 0 Å². The summed E-state index contributed by atoms with van der Waals surface area (Å²) in [6.07, 6.45) is 0.720. The second-order valence-electron chi connectivity index (χ2n) is 6.17. The topological polar surface area (TPSA) is 93.2 Å². The average molecular weight is 410 g/mol.